The Morgan fingerprint density at radius 1 is 1.10 bits per heavy atom. The Hall–Kier alpha value is -3.86. The number of nitrogens with one attached hydrogen (secondary N) is 3. The highest BCUT2D eigenvalue weighted by atomic mass is 35.5. The van der Waals surface area contributed by atoms with Crippen molar-refractivity contribution in [3.05, 3.63) is 65.6 Å². The monoisotopic (exact) mass is 448 g/mol. The van der Waals surface area contributed by atoms with Gasteiger partial charge in [0.1, 0.15) is 22.7 Å². The molecule has 31 heavy (non-hydrogen) atoms. The summed E-state index contributed by atoms with van der Waals surface area (Å²) < 4.78 is 46.6. The first-order valence-corrected chi connectivity index (χ1v) is 9.05. The summed E-state index contributed by atoms with van der Waals surface area (Å²) in [4.78, 5) is 18.9. The van der Waals surface area contributed by atoms with Crippen LogP contribution in [-0.4, -0.2) is 26.2 Å². The second kappa shape index (κ2) is 8.11. The fourth-order valence-electron chi connectivity index (χ4n) is 2.76. The lowest BCUT2D eigenvalue weighted by Gasteiger charge is -2.16. The van der Waals surface area contributed by atoms with Gasteiger partial charge in [0.25, 0.3) is 0 Å². The van der Waals surface area contributed by atoms with E-state index < -0.39 is 23.5 Å². The van der Waals surface area contributed by atoms with E-state index in [-0.39, 0.29) is 22.3 Å². The van der Waals surface area contributed by atoms with Gasteiger partial charge in [-0.2, -0.15) is 18.3 Å². The molecule has 4 aromatic rings. The number of H-pyrrole nitrogens is 1. The number of hydrogen-bond acceptors (Lipinski definition) is 5. The molecule has 0 aliphatic heterocycles. The number of aromatic nitrogens is 4. The molecule has 0 fully saturated rings. The van der Waals surface area contributed by atoms with Gasteiger partial charge in [-0.05, 0) is 36.4 Å². The second-order valence-electron chi connectivity index (χ2n) is 6.17. The number of benzene rings is 1. The number of alkyl halides is 3. The number of aromatic amines is 1. The number of pyridine rings is 1. The van der Waals surface area contributed by atoms with Crippen LogP contribution < -0.4 is 15.4 Å². The molecule has 0 unspecified atom stereocenters. The lowest BCUT2D eigenvalue weighted by molar-refractivity contribution is -0.138. The maximum absolute atomic E-state index is 13.7. The largest absolute Gasteiger partial charge is 0.456 e. The molecular formula is C19H12ClF3N6O2. The van der Waals surface area contributed by atoms with Crippen molar-refractivity contribution in [2.24, 2.45) is 0 Å². The second-order valence-corrected chi connectivity index (χ2v) is 6.58. The molecule has 12 heteroatoms. The number of anilines is 2. The van der Waals surface area contributed by atoms with Crippen LogP contribution in [0.25, 0.3) is 11.0 Å². The Kier molecular flexibility index (Phi) is 5.34. The van der Waals surface area contributed by atoms with Gasteiger partial charge in [0.05, 0.1) is 10.4 Å². The molecule has 4 rings (SSSR count). The van der Waals surface area contributed by atoms with Crippen molar-refractivity contribution in [1.82, 2.24) is 20.2 Å². The average Bonchev–Trinajstić information content (AvgIpc) is 3.11. The summed E-state index contributed by atoms with van der Waals surface area (Å²) in [6.07, 6.45) is -0.499. The molecule has 8 nitrogen and oxygen atoms in total. The van der Waals surface area contributed by atoms with Crippen LogP contribution in [0.3, 0.4) is 0 Å². The van der Waals surface area contributed by atoms with Gasteiger partial charge >= 0.3 is 12.2 Å². The van der Waals surface area contributed by atoms with Crippen LogP contribution >= 0.6 is 11.6 Å². The van der Waals surface area contributed by atoms with Crippen LogP contribution in [0.15, 0.2) is 55.0 Å². The minimum absolute atomic E-state index is 0.0967. The molecule has 158 valence electrons. The van der Waals surface area contributed by atoms with Gasteiger partial charge in [-0.3, -0.25) is 5.32 Å². The van der Waals surface area contributed by atoms with E-state index in [9.17, 15) is 18.0 Å². The fraction of sp³-hybridized carbons (Fsp3) is 0.0526. The predicted molar refractivity (Wildman–Crippen MR) is 107 cm³/mol. The van der Waals surface area contributed by atoms with Crippen molar-refractivity contribution in [2.75, 3.05) is 10.6 Å². The van der Waals surface area contributed by atoms with Crippen molar-refractivity contribution >= 4 is 40.2 Å². The normalized spacial score (nSPS) is 11.4. The number of amides is 2. The summed E-state index contributed by atoms with van der Waals surface area (Å²) in [7, 11) is 0. The molecule has 0 spiro atoms. The summed E-state index contributed by atoms with van der Waals surface area (Å²) >= 11 is 6.09. The number of rotatable bonds is 4. The van der Waals surface area contributed by atoms with Gasteiger partial charge in [-0.1, -0.05) is 11.6 Å². The van der Waals surface area contributed by atoms with Gasteiger partial charge in [-0.15, -0.1) is 5.10 Å². The van der Waals surface area contributed by atoms with Crippen molar-refractivity contribution in [1.29, 1.82) is 0 Å². The molecule has 3 N–H and O–H groups in total. The summed E-state index contributed by atoms with van der Waals surface area (Å²) in [6.45, 7) is 0. The van der Waals surface area contributed by atoms with E-state index in [1.807, 2.05) is 0 Å². The third-order valence-corrected chi connectivity index (χ3v) is 4.36. The Bertz CT molecular complexity index is 1250. The molecule has 0 atom stereocenters. The molecule has 1 aromatic carbocycles. The number of carbonyl (C=O) groups is 1. The van der Waals surface area contributed by atoms with Crippen molar-refractivity contribution in [3.8, 4) is 11.5 Å². The lowest BCUT2D eigenvalue weighted by Crippen LogP contribution is -2.20. The zero-order valence-electron chi connectivity index (χ0n) is 15.4. The number of hydrogen-bond donors (Lipinski definition) is 3. The van der Waals surface area contributed by atoms with Crippen molar-refractivity contribution < 1.29 is 22.7 Å². The molecule has 0 aliphatic carbocycles. The highest BCUT2D eigenvalue weighted by Crippen LogP contribution is 2.41. The molecule has 3 aromatic heterocycles. The summed E-state index contributed by atoms with van der Waals surface area (Å²) in [6, 6.07) is 6.80. The van der Waals surface area contributed by atoms with Gasteiger partial charge in [0, 0.05) is 24.3 Å². The number of nitrogens with zero attached hydrogens (tertiary/aromatic N) is 3. The molecule has 3 heterocycles. The van der Waals surface area contributed by atoms with E-state index in [2.05, 4.69) is 30.8 Å². The highest BCUT2D eigenvalue weighted by molar-refractivity contribution is 6.36. The summed E-state index contributed by atoms with van der Waals surface area (Å²) in [5, 5.41) is 12.5. The quantitative estimate of drug-likeness (QED) is 0.384. The fourth-order valence-corrected chi connectivity index (χ4v) is 2.99. The van der Waals surface area contributed by atoms with E-state index in [0.29, 0.717) is 11.0 Å². The number of urea groups is 1. The maximum atomic E-state index is 13.7. The van der Waals surface area contributed by atoms with Crippen LogP contribution in [0.1, 0.15) is 5.56 Å². The number of fused-ring (bicyclic) bond motifs is 1. The van der Waals surface area contributed by atoms with Crippen molar-refractivity contribution in [3.63, 3.8) is 0 Å². The predicted octanol–water partition coefficient (Wildman–Crippen LogP) is 5.46. The number of halogens is 4. The van der Waals surface area contributed by atoms with Crippen LogP contribution in [0.5, 0.6) is 11.5 Å². The molecule has 0 bridgehead atoms. The maximum Gasteiger partial charge on any atom is 0.420 e. The molecule has 0 radical (unpaired) electrons. The van der Waals surface area contributed by atoms with Gasteiger partial charge in [0.2, 0.25) is 0 Å². The van der Waals surface area contributed by atoms with E-state index in [4.69, 9.17) is 16.3 Å². The van der Waals surface area contributed by atoms with Crippen LogP contribution in [-0.2, 0) is 6.18 Å². The zero-order chi connectivity index (χ0) is 22.0. The molecule has 0 saturated heterocycles. The van der Waals surface area contributed by atoms with Crippen LogP contribution in [0, 0.1) is 0 Å². The van der Waals surface area contributed by atoms with Crippen molar-refractivity contribution in [2.45, 2.75) is 6.18 Å². The molecule has 0 aliphatic rings. The molecule has 2 amide bonds. The Morgan fingerprint density at radius 3 is 2.68 bits per heavy atom. The first kappa shape index (κ1) is 20.4. The van der Waals surface area contributed by atoms with Gasteiger partial charge in [-0.25, -0.2) is 9.78 Å². The lowest BCUT2D eigenvalue weighted by atomic mass is 10.1. The zero-order valence-corrected chi connectivity index (χ0v) is 16.1. The van der Waals surface area contributed by atoms with Gasteiger partial charge < -0.3 is 15.0 Å². The van der Waals surface area contributed by atoms with E-state index >= 15 is 0 Å². The van der Waals surface area contributed by atoms with E-state index in [1.165, 1.54) is 36.8 Å². The summed E-state index contributed by atoms with van der Waals surface area (Å²) in [5.41, 5.74) is -0.808. The minimum Gasteiger partial charge on any atom is -0.456 e. The van der Waals surface area contributed by atoms with Crippen LogP contribution in [0.4, 0.5) is 29.5 Å². The third kappa shape index (κ3) is 4.51. The standard InChI is InChI=1S/C19H12ClF3N6O2/c20-12-9-25-17-16(12)14(5-7-24-17)31-13-4-3-10(8-11(13)19(21,22)23)27-18(30)28-15-2-1-6-26-29-15/h1-9H,(H,24,25)(H2,27,28,29,30). The molecule has 0 saturated carbocycles. The third-order valence-electron chi connectivity index (χ3n) is 4.06. The van der Waals surface area contributed by atoms with E-state index in [0.717, 1.165) is 12.1 Å². The Labute approximate surface area is 177 Å². The van der Waals surface area contributed by atoms with Gasteiger partial charge in [0.15, 0.2) is 5.82 Å². The first-order chi connectivity index (χ1) is 14.8. The first-order valence-electron chi connectivity index (χ1n) is 8.67. The van der Waals surface area contributed by atoms with Crippen LogP contribution in [0.2, 0.25) is 5.02 Å². The summed E-state index contributed by atoms with van der Waals surface area (Å²) in [5.74, 6) is -0.221. The Morgan fingerprint density at radius 2 is 1.94 bits per heavy atom. The Balaban J connectivity index is 1.62. The smallest absolute Gasteiger partial charge is 0.420 e. The minimum atomic E-state index is -4.75. The SMILES string of the molecule is O=C(Nc1ccc(Oc2ccnc3[nH]cc(Cl)c23)c(C(F)(F)F)c1)Nc1cccnn1. The average molecular weight is 449 g/mol. The topological polar surface area (TPSA) is 105 Å². The number of carbonyl (C=O) groups excluding carboxylic acids is 1. The van der Waals surface area contributed by atoms with E-state index in [1.54, 1.807) is 6.07 Å². The number of ether oxygens (including phenoxy) is 1. The highest BCUT2D eigenvalue weighted by Gasteiger charge is 2.35. The molecular weight excluding hydrogens is 437 g/mol.